The minimum absolute atomic E-state index is 0.0140. The summed E-state index contributed by atoms with van der Waals surface area (Å²) in [4.78, 5) is 23.0. The van der Waals surface area contributed by atoms with Gasteiger partial charge >= 0.3 is 0 Å². The molecule has 3 aromatic rings. The molecule has 1 aromatic heterocycles. The van der Waals surface area contributed by atoms with Crippen molar-refractivity contribution < 1.29 is 18.7 Å². The number of benzene rings is 2. The first kappa shape index (κ1) is 22.5. The fourth-order valence-corrected chi connectivity index (χ4v) is 3.90. The summed E-state index contributed by atoms with van der Waals surface area (Å²) in [6, 6.07) is 9.16. The first-order chi connectivity index (χ1) is 16.0. The molecule has 0 saturated carbocycles. The van der Waals surface area contributed by atoms with E-state index in [-0.39, 0.29) is 23.7 Å². The summed E-state index contributed by atoms with van der Waals surface area (Å²) < 4.78 is 25.3. The molecule has 1 N–H and O–H groups in total. The highest BCUT2D eigenvalue weighted by molar-refractivity contribution is 5.96. The average Bonchev–Trinajstić information content (AvgIpc) is 3.26. The SMILES string of the molecule is CCC(=O)c1cc(COc2cnc(Nc3ccc4c(c3)CCN4CC)nc2)c(F)c(OC)c1. The standard InChI is InChI=1S/C25H27FN4O3/c1-4-22(31)17-10-18(24(26)23(12-17)32-3)15-33-20-13-27-25(28-14-20)29-19-6-7-21-16(11-19)8-9-30(21)5-2/h6-7,10-14H,4-5,8-9,15H2,1-3H3,(H,27,28,29). The molecular formula is C25H27FN4O3. The van der Waals surface area contributed by atoms with Crippen molar-refractivity contribution in [3.8, 4) is 11.5 Å². The topological polar surface area (TPSA) is 76.6 Å². The number of fused-ring (bicyclic) bond motifs is 1. The molecule has 7 nitrogen and oxygen atoms in total. The van der Waals surface area contributed by atoms with Gasteiger partial charge in [-0.2, -0.15) is 0 Å². The van der Waals surface area contributed by atoms with Crippen LogP contribution in [0.1, 0.15) is 41.8 Å². The van der Waals surface area contributed by atoms with E-state index in [4.69, 9.17) is 9.47 Å². The minimum Gasteiger partial charge on any atom is -0.494 e. The second-order valence-electron chi connectivity index (χ2n) is 7.76. The van der Waals surface area contributed by atoms with Crippen molar-refractivity contribution in [1.82, 2.24) is 9.97 Å². The van der Waals surface area contributed by atoms with Crippen LogP contribution in [0.25, 0.3) is 0 Å². The highest BCUT2D eigenvalue weighted by atomic mass is 19.1. The van der Waals surface area contributed by atoms with Crippen molar-refractivity contribution in [1.29, 1.82) is 0 Å². The van der Waals surface area contributed by atoms with Gasteiger partial charge in [-0.3, -0.25) is 4.79 Å². The van der Waals surface area contributed by atoms with Crippen LogP contribution in [0.15, 0.2) is 42.7 Å². The summed E-state index contributed by atoms with van der Waals surface area (Å²) in [5, 5.41) is 3.21. The zero-order chi connectivity index (χ0) is 23.4. The number of ether oxygens (including phenoxy) is 2. The third-order valence-electron chi connectivity index (χ3n) is 5.71. The number of rotatable bonds is 9. The van der Waals surface area contributed by atoms with Crippen LogP contribution in [-0.4, -0.2) is 36.0 Å². The lowest BCUT2D eigenvalue weighted by atomic mass is 10.0. The number of Topliss-reactive ketones (excluding diaryl/α,β-unsaturated/α-hetero) is 1. The van der Waals surface area contributed by atoms with Gasteiger partial charge in [0.25, 0.3) is 0 Å². The lowest BCUT2D eigenvalue weighted by Gasteiger charge is -2.16. The van der Waals surface area contributed by atoms with Gasteiger partial charge in [0, 0.05) is 42.0 Å². The summed E-state index contributed by atoms with van der Waals surface area (Å²) in [5.74, 6) is 0.194. The Balaban J connectivity index is 1.42. The lowest BCUT2D eigenvalue weighted by Crippen LogP contribution is -2.18. The van der Waals surface area contributed by atoms with Crippen LogP contribution in [0.3, 0.4) is 0 Å². The summed E-state index contributed by atoms with van der Waals surface area (Å²) >= 11 is 0. The molecule has 0 atom stereocenters. The van der Waals surface area contributed by atoms with Crippen molar-refractivity contribution >= 4 is 23.1 Å². The quantitative estimate of drug-likeness (QED) is 0.464. The van der Waals surface area contributed by atoms with E-state index in [2.05, 4.69) is 39.2 Å². The van der Waals surface area contributed by atoms with Crippen molar-refractivity contribution in [2.24, 2.45) is 0 Å². The van der Waals surface area contributed by atoms with E-state index in [0.717, 1.165) is 25.2 Å². The fourth-order valence-electron chi connectivity index (χ4n) is 3.90. The predicted octanol–water partition coefficient (Wildman–Crippen LogP) is 4.92. The molecule has 1 aliphatic rings. The number of hydrogen-bond donors (Lipinski definition) is 1. The Morgan fingerprint density at radius 3 is 2.67 bits per heavy atom. The molecule has 0 spiro atoms. The van der Waals surface area contributed by atoms with E-state index in [0.29, 0.717) is 23.7 Å². The maximum Gasteiger partial charge on any atom is 0.227 e. The van der Waals surface area contributed by atoms with Gasteiger partial charge in [-0.25, -0.2) is 14.4 Å². The Bertz CT molecular complexity index is 1150. The number of anilines is 3. The molecule has 2 heterocycles. The lowest BCUT2D eigenvalue weighted by molar-refractivity contribution is 0.0987. The molecule has 0 saturated heterocycles. The Morgan fingerprint density at radius 2 is 1.97 bits per heavy atom. The normalized spacial score (nSPS) is 12.4. The molecule has 8 heteroatoms. The Hall–Kier alpha value is -3.68. The molecule has 0 bridgehead atoms. The molecule has 33 heavy (non-hydrogen) atoms. The number of likely N-dealkylation sites (N-methyl/N-ethyl adjacent to an activating group) is 1. The molecule has 2 aromatic carbocycles. The van der Waals surface area contributed by atoms with Gasteiger partial charge in [0.15, 0.2) is 23.1 Å². The van der Waals surface area contributed by atoms with Crippen LogP contribution in [0.4, 0.5) is 21.7 Å². The maximum absolute atomic E-state index is 14.6. The Kier molecular flexibility index (Phi) is 6.72. The number of ketones is 1. The third kappa shape index (κ3) is 4.89. The molecule has 4 rings (SSSR count). The molecule has 0 aliphatic carbocycles. The summed E-state index contributed by atoms with van der Waals surface area (Å²) in [5.41, 5.74) is 4.13. The van der Waals surface area contributed by atoms with Crippen molar-refractivity contribution in [3.05, 3.63) is 65.2 Å². The van der Waals surface area contributed by atoms with E-state index in [1.807, 2.05) is 6.07 Å². The predicted molar refractivity (Wildman–Crippen MR) is 125 cm³/mol. The Morgan fingerprint density at radius 1 is 1.18 bits per heavy atom. The van der Waals surface area contributed by atoms with E-state index in [9.17, 15) is 9.18 Å². The van der Waals surface area contributed by atoms with E-state index >= 15 is 0 Å². The molecule has 1 aliphatic heterocycles. The molecule has 0 fully saturated rings. The highest BCUT2D eigenvalue weighted by Crippen LogP contribution is 2.31. The molecule has 0 unspecified atom stereocenters. The fraction of sp³-hybridized carbons (Fsp3) is 0.320. The van der Waals surface area contributed by atoms with Crippen LogP contribution in [0.5, 0.6) is 11.5 Å². The van der Waals surface area contributed by atoms with Crippen molar-refractivity contribution in [2.45, 2.75) is 33.3 Å². The van der Waals surface area contributed by atoms with Crippen LogP contribution < -0.4 is 19.7 Å². The van der Waals surface area contributed by atoms with Gasteiger partial charge in [-0.05, 0) is 49.2 Å². The highest BCUT2D eigenvalue weighted by Gasteiger charge is 2.18. The second kappa shape index (κ2) is 9.85. The second-order valence-corrected chi connectivity index (χ2v) is 7.76. The van der Waals surface area contributed by atoms with Gasteiger partial charge < -0.3 is 19.7 Å². The number of aromatic nitrogens is 2. The van der Waals surface area contributed by atoms with Gasteiger partial charge in [-0.15, -0.1) is 0 Å². The number of hydrogen-bond acceptors (Lipinski definition) is 7. The summed E-state index contributed by atoms with van der Waals surface area (Å²) in [6.07, 6.45) is 4.40. The smallest absolute Gasteiger partial charge is 0.227 e. The van der Waals surface area contributed by atoms with E-state index in [1.165, 1.54) is 42.9 Å². The minimum atomic E-state index is -0.553. The first-order valence-electron chi connectivity index (χ1n) is 11.0. The number of carbonyl (C=O) groups excluding carboxylic acids is 1. The zero-order valence-corrected chi connectivity index (χ0v) is 19.0. The maximum atomic E-state index is 14.6. The first-order valence-corrected chi connectivity index (χ1v) is 11.0. The Labute approximate surface area is 192 Å². The summed E-state index contributed by atoms with van der Waals surface area (Å²) in [6.45, 7) is 5.87. The largest absolute Gasteiger partial charge is 0.494 e. The van der Waals surface area contributed by atoms with Gasteiger partial charge in [-0.1, -0.05) is 6.92 Å². The van der Waals surface area contributed by atoms with E-state index < -0.39 is 5.82 Å². The van der Waals surface area contributed by atoms with Crippen LogP contribution >= 0.6 is 0 Å². The van der Waals surface area contributed by atoms with E-state index in [1.54, 1.807) is 6.92 Å². The molecule has 172 valence electrons. The number of halogens is 1. The van der Waals surface area contributed by atoms with Gasteiger partial charge in [0.05, 0.1) is 19.5 Å². The zero-order valence-electron chi connectivity index (χ0n) is 19.0. The van der Waals surface area contributed by atoms with Crippen molar-refractivity contribution in [3.63, 3.8) is 0 Å². The van der Waals surface area contributed by atoms with Crippen LogP contribution in [0.2, 0.25) is 0 Å². The number of methoxy groups -OCH3 is 1. The van der Waals surface area contributed by atoms with Crippen LogP contribution in [-0.2, 0) is 13.0 Å². The average molecular weight is 451 g/mol. The number of nitrogens with one attached hydrogen (secondary N) is 1. The number of carbonyl (C=O) groups is 1. The number of nitrogens with zero attached hydrogens (tertiary/aromatic N) is 3. The third-order valence-corrected chi connectivity index (χ3v) is 5.71. The molecule has 0 amide bonds. The monoisotopic (exact) mass is 450 g/mol. The molecular weight excluding hydrogens is 423 g/mol. The summed E-state index contributed by atoms with van der Waals surface area (Å²) in [7, 11) is 1.36. The van der Waals surface area contributed by atoms with Crippen molar-refractivity contribution in [2.75, 3.05) is 30.4 Å². The molecule has 0 radical (unpaired) electrons. The van der Waals surface area contributed by atoms with Gasteiger partial charge in [0.1, 0.15) is 6.61 Å². The van der Waals surface area contributed by atoms with Crippen LogP contribution in [0, 0.1) is 5.82 Å². The van der Waals surface area contributed by atoms with Gasteiger partial charge in [0.2, 0.25) is 5.95 Å².